The first-order valence-electron chi connectivity index (χ1n) is 7.05. The molecule has 2 heterocycles. The maximum absolute atomic E-state index is 13.8. The SMILES string of the molecule is Fc1cccc2c1CCC2N1C[C@H]2CNC[C@H]2C1. The first kappa shape index (κ1) is 10.9. The highest BCUT2D eigenvalue weighted by atomic mass is 19.1. The molecule has 2 saturated heterocycles. The molecule has 3 heteroatoms. The fourth-order valence-corrected chi connectivity index (χ4v) is 4.11. The lowest BCUT2D eigenvalue weighted by Crippen LogP contribution is -2.28. The third-order valence-corrected chi connectivity index (χ3v) is 5.04. The number of halogens is 1. The highest BCUT2D eigenvalue weighted by Crippen LogP contribution is 2.41. The van der Waals surface area contributed by atoms with E-state index in [0.717, 1.165) is 30.2 Å². The fraction of sp³-hybridized carbons (Fsp3) is 0.600. The first-order chi connectivity index (χ1) is 8.83. The second kappa shape index (κ2) is 4.04. The number of benzene rings is 1. The third kappa shape index (κ3) is 1.54. The van der Waals surface area contributed by atoms with Crippen molar-refractivity contribution in [1.82, 2.24) is 10.2 Å². The van der Waals surface area contributed by atoms with Crippen LogP contribution in [-0.4, -0.2) is 31.1 Å². The van der Waals surface area contributed by atoms with Crippen LogP contribution in [0.25, 0.3) is 0 Å². The Balaban J connectivity index is 1.60. The molecule has 1 N–H and O–H groups in total. The average Bonchev–Trinajstić information content (AvgIpc) is 3.00. The van der Waals surface area contributed by atoms with Crippen molar-refractivity contribution in [2.75, 3.05) is 26.2 Å². The minimum atomic E-state index is -0.00365. The van der Waals surface area contributed by atoms with Gasteiger partial charge in [0.15, 0.2) is 0 Å². The van der Waals surface area contributed by atoms with Gasteiger partial charge in [0.1, 0.15) is 5.82 Å². The Morgan fingerprint density at radius 3 is 2.72 bits per heavy atom. The third-order valence-electron chi connectivity index (χ3n) is 5.04. The van der Waals surface area contributed by atoms with Gasteiger partial charge in [0.05, 0.1) is 0 Å². The van der Waals surface area contributed by atoms with Crippen LogP contribution in [0.5, 0.6) is 0 Å². The van der Waals surface area contributed by atoms with Crippen molar-refractivity contribution in [2.45, 2.75) is 18.9 Å². The quantitative estimate of drug-likeness (QED) is 0.815. The van der Waals surface area contributed by atoms with Gasteiger partial charge in [-0.15, -0.1) is 0 Å². The number of rotatable bonds is 1. The number of likely N-dealkylation sites (tertiary alicyclic amines) is 1. The van der Waals surface area contributed by atoms with Crippen molar-refractivity contribution >= 4 is 0 Å². The van der Waals surface area contributed by atoms with Gasteiger partial charge in [-0.1, -0.05) is 12.1 Å². The van der Waals surface area contributed by atoms with Crippen molar-refractivity contribution in [3.8, 4) is 0 Å². The first-order valence-corrected chi connectivity index (χ1v) is 7.05. The monoisotopic (exact) mass is 246 g/mol. The van der Waals surface area contributed by atoms with Crippen LogP contribution in [0.4, 0.5) is 4.39 Å². The standard InChI is InChI=1S/C15H19FN2/c16-14-3-1-2-13-12(14)4-5-15(13)18-8-10-6-17-7-11(10)9-18/h1-3,10-11,15,17H,4-9H2/t10-,11+,15?. The van der Waals surface area contributed by atoms with Gasteiger partial charge in [0, 0.05) is 19.1 Å². The molecule has 2 fully saturated rings. The summed E-state index contributed by atoms with van der Waals surface area (Å²) in [5, 5.41) is 3.48. The Hall–Kier alpha value is -0.930. The Morgan fingerprint density at radius 2 is 1.94 bits per heavy atom. The van der Waals surface area contributed by atoms with Gasteiger partial charge in [-0.05, 0) is 55.0 Å². The Bertz CT molecular complexity index is 462. The summed E-state index contributed by atoms with van der Waals surface area (Å²) in [5.74, 6) is 1.64. The summed E-state index contributed by atoms with van der Waals surface area (Å²) in [6.07, 6.45) is 2.01. The van der Waals surface area contributed by atoms with E-state index in [9.17, 15) is 4.39 Å². The largest absolute Gasteiger partial charge is 0.316 e. The molecule has 0 aromatic heterocycles. The minimum absolute atomic E-state index is 0.00365. The topological polar surface area (TPSA) is 15.3 Å². The maximum Gasteiger partial charge on any atom is 0.126 e. The molecular weight excluding hydrogens is 227 g/mol. The van der Waals surface area contributed by atoms with Crippen molar-refractivity contribution in [3.05, 3.63) is 35.1 Å². The van der Waals surface area contributed by atoms with Crippen LogP contribution >= 0.6 is 0 Å². The Kier molecular flexibility index (Phi) is 2.45. The molecule has 4 rings (SSSR count). The summed E-state index contributed by atoms with van der Waals surface area (Å²) in [5.41, 5.74) is 2.22. The average molecular weight is 246 g/mol. The van der Waals surface area contributed by atoms with Crippen LogP contribution in [0.1, 0.15) is 23.6 Å². The molecule has 3 aliphatic rings. The molecule has 1 unspecified atom stereocenters. The summed E-state index contributed by atoms with van der Waals surface area (Å²) < 4.78 is 13.8. The van der Waals surface area contributed by atoms with E-state index in [4.69, 9.17) is 0 Å². The van der Waals surface area contributed by atoms with Crippen LogP contribution in [-0.2, 0) is 6.42 Å². The molecular formula is C15H19FN2. The summed E-state index contributed by atoms with van der Waals surface area (Å²) >= 11 is 0. The van der Waals surface area contributed by atoms with Crippen LogP contribution in [0.3, 0.4) is 0 Å². The van der Waals surface area contributed by atoms with E-state index in [-0.39, 0.29) is 5.82 Å². The number of nitrogens with zero attached hydrogens (tertiary/aromatic N) is 1. The summed E-state index contributed by atoms with van der Waals surface area (Å²) in [6, 6.07) is 6.07. The van der Waals surface area contributed by atoms with Crippen LogP contribution in [0, 0.1) is 17.7 Å². The van der Waals surface area contributed by atoms with Crippen molar-refractivity contribution < 1.29 is 4.39 Å². The molecule has 18 heavy (non-hydrogen) atoms. The van der Waals surface area contributed by atoms with E-state index < -0.39 is 0 Å². The van der Waals surface area contributed by atoms with Crippen LogP contribution < -0.4 is 5.32 Å². The molecule has 1 aliphatic carbocycles. The van der Waals surface area contributed by atoms with Gasteiger partial charge in [0.2, 0.25) is 0 Å². The lowest BCUT2D eigenvalue weighted by atomic mass is 10.0. The number of nitrogens with one attached hydrogen (secondary N) is 1. The summed E-state index contributed by atoms with van der Waals surface area (Å²) in [6.45, 7) is 4.73. The smallest absolute Gasteiger partial charge is 0.126 e. The molecule has 1 aromatic rings. The zero-order valence-corrected chi connectivity index (χ0v) is 10.5. The van der Waals surface area contributed by atoms with Crippen LogP contribution in [0.2, 0.25) is 0 Å². The van der Waals surface area contributed by atoms with E-state index in [1.165, 1.54) is 31.7 Å². The van der Waals surface area contributed by atoms with Gasteiger partial charge in [0.25, 0.3) is 0 Å². The number of hydrogen-bond donors (Lipinski definition) is 1. The zero-order chi connectivity index (χ0) is 12.1. The van der Waals surface area contributed by atoms with Gasteiger partial charge >= 0.3 is 0 Å². The maximum atomic E-state index is 13.8. The van der Waals surface area contributed by atoms with Crippen molar-refractivity contribution in [1.29, 1.82) is 0 Å². The molecule has 0 amide bonds. The molecule has 1 aromatic carbocycles. The number of fused-ring (bicyclic) bond motifs is 2. The predicted molar refractivity (Wildman–Crippen MR) is 68.9 cm³/mol. The lowest BCUT2D eigenvalue weighted by molar-refractivity contribution is 0.228. The molecule has 2 aliphatic heterocycles. The molecule has 3 atom stereocenters. The fourth-order valence-electron chi connectivity index (χ4n) is 4.11. The van der Waals surface area contributed by atoms with E-state index in [1.54, 1.807) is 6.07 Å². The Labute approximate surface area is 107 Å². The number of hydrogen-bond acceptors (Lipinski definition) is 2. The minimum Gasteiger partial charge on any atom is -0.316 e. The van der Waals surface area contributed by atoms with Gasteiger partial charge in [-0.25, -0.2) is 4.39 Å². The molecule has 96 valence electrons. The highest BCUT2D eigenvalue weighted by molar-refractivity contribution is 5.36. The Morgan fingerprint density at radius 1 is 1.17 bits per heavy atom. The second-order valence-corrected chi connectivity index (χ2v) is 5.99. The summed E-state index contributed by atoms with van der Waals surface area (Å²) in [7, 11) is 0. The highest BCUT2D eigenvalue weighted by Gasteiger charge is 2.40. The van der Waals surface area contributed by atoms with E-state index in [1.807, 2.05) is 6.07 Å². The normalized spacial score (nSPS) is 34.8. The van der Waals surface area contributed by atoms with Crippen molar-refractivity contribution in [2.24, 2.45) is 11.8 Å². The molecule has 2 nitrogen and oxygen atoms in total. The molecule has 0 saturated carbocycles. The van der Waals surface area contributed by atoms with Gasteiger partial charge in [-0.2, -0.15) is 0 Å². The predicted octanol–water partition coefficient (Wildman–Crippen LogP) is 1.96. The van der Waals surface area contributed by atoms with Gasteiger partial charge in [-0.3, -0.25) is 4.90 Å². The molecule has 0 bridgehead atoms. The van der Waals surface area contributed by atoms with Crippen LogP contribution in [0.15, 0.2) is 18.2 Å². The van der Waals surface area contributed by atoms with E-state index in [0.29, 0.717) is 6.04 Å². The van der Waals surface area contributed by atoms with Gasteiger partial charge < -0.3 is 5.32 Å². The molecule has 0 radical (unpaired) electrons. The van der Waals surface area contributed by atoms with E-state index >= 15 is 0 Å². The second-order valence-electron chi connectivity index (χ2n) is 5.99. The zero-order valence-electron chi connectivity index (χ0n) is 10.5. The lowest BCUT2D eigenvalue weighted by Gasteiger charge is -2.25. The van der Waals surface area contributed by atoms with E-state index in [2.05, 4.69) is 16.3 Å². The summed E-state index contributed by atoms with van der Waals surface area (Å²) in [4.78, 5) is 2.60. The molecule has 0 spiro atoms. The van der Waals surface area contributed by atoms with Crippen molar-refractivity contribution in [3.63, 3.8) is 0 Å².